The lowest BCUT2D eigenvalue weighted by Crippen LogP contribution is -2.23. The van der Waals surface area contributed by atoms with Crippen LogP contribution in [-0.4, -0.2) is 19.0 Å². The Morgan fingerprint density at radius 3 is 2.45 bits per heavy atom. The average molecular weight is 319 g/mol. The molecule has 0 spiro atoms. The first-order valence-corrected chi connectivity index (χ1v) is 7.42. The van der Waals surface area contributed by atoms with E-state index < -0.39 is 0 Å². The lowest BCUT2D eigenvalue weighted by atomic mass is 10.0. The maximum Gasteiger partial charge on any atom is 0.251 e. The molecule has 2 aromatic carbocycles. The van der Waals surface area contributed by atoms with E-state index in [0.29, 0.717) is 18.7 Å². The quantitative estimate of drug-likeness (QED) is 0.857. The Morgan fingerprint density at radius 2 is 1.82 bits per heavy atom. The maximum absolute atomic E-state index is 12.0. The molecular weight excluding hydrogens is 296 g/mol. The molecule has 3 N–H and O–H groups in total. The SMILES string of the molecule is CCCNC(=O)c1cccc(-c2ccc(CCN)cc2)c1.Cl. The van der Waals surface area contributed by atoms with Gasteiger partial charge in [-0.3, -0.25) is 4.79 Å². The van der Waals surface area contributed by atoms with E-state index in [-0.39, 0.29) is 18.3 Å². The first kappa shape index (κ1) is 18.2. The van der Waals surface area contributed by atoms with E-state index in [2.05, 4.69) is 29.6 Å². The highest BCUT2D eigenvalue weighted by Gasteiger charge is 2.06. The summed E-state index contributed by atoms with van der Waals surface area (Å²) in [4.78, 5) is 12.0. The smallest absolute Gasteiger partial charge is 0.251 e. The van der Waals surface area contributed by atoms with E-state index in [1.807, 2.05) is 31.2 Å². The van der Waals surface area contributed by atoms with E-state index in [9.17, 15) is 4.79 Å². The molecule has 2 aromatic rings. The number of amides is 1. The summed E-state index contributed by atoms with van der Waals surface area (Å²) in [5.74, 6) is -0.0153. The number of hydrogen-bond acceptors (Lipinski definition) is 2. The van der Waals surface area contributed by atoms with Crippen molar-refractivity contribution in [3.05, 3.63) is 59.7 Å². The van der Waals surface area contributed by atoms with Crippen molar-refractivity contribution < 1.29 is 4.79 Å². The fraction of sp³-hybridized carbons (Fsp3) is 0.278. The summed E-state index contributed by atoms with van der Waals surface area (Å²) in [6.07, 6.45) is 1.83. The lowest BCUT2D eigenvalue weighted by Gasteiger charge is -2.07. The van der Waals surface area contributed by atoms with Crippen LogP contribution in [0.3, 0.4) is 0 Å². The molecule has 0 aliphatic heterocycles. The van der Waals surface area contributed by atoms with Gasteiger partial charge in [-0.25, -0.2) is 0 Å². The number of halogens is 1. The van der Waals surface area contributed by atoms with Crippen molar-refractivity contribution in [3.8, 4) is 11.1 Å². The van der Waals surface area contributed by atoms with Gasteiger partial charge in [0, 0.05) is 12.1 Å². The Balaban J connectivity index is 0.00000242. The van der Waals surface area contributed by atoms with Gasteiger partial charge in [-0.15, -0.1) is 12.4 Å². The molecule has 118 valence electrons. The highest BCUT2D eigenvalue weighted by Crippen LogP contribution is 2.21. The van der Waals surface area contributed by atoms with Gasteiger partial charge in [0.25, 0.3) is 5.91 Å². The largest absolute Gasteiger partial charge is 0.352 e. The zero-order valence-electron chi connectivity index (χ0n) is 12.8. The third-order valence-corrected chi connectivity index (χ3v) is 3.38. The number of rotatable bonds is 6. The molecule has 0 radical (unpaired) electrons. The van der Waals surface area contributed by atoms with Gasteiger partial charge in [0.1, 0.15) is 0 Å². The van der Waals surface area contributed by atoms with Gasteiger partial charge in [-0.2, -0.15) is 0 Å². The summed E-state index contributed by atoms with van der Waals surface area (Å²) in [6, 6.07) is 16.1. The van der Waals surface area contributed by atoms with E-state index in [1.54, 1.807) is 0 Å². The van der Waals surface area contributed by atoms with Gasteiger partial charge < -0.3 is 11.1 Å². The molecule has 0 atom stereocenters. The molecule has 0 bridgehead atoms. The van der Waals surface area contributed by atoms with Crippen molar-refractivity contribution in [3.63, 3.8) is 0 Å². The molecule has 0 aliphatic carbocycles. The maximum atomic E-state index is 12.0. The Bertz CT molecular complexity index is 596. The minimum atomic E-state index is -0.0153. The Kier molecular flexibility index (Phi) is 7.64. The molecule has 0 aliphatic rings. The van der Waals surface area contributed by atoms with E-state index in [4.69, 9.17) is 5.73 Å². The molecule has 2 rings (SSSR count). The third kappa shape index (κ3) is 4.86. The Labute approximate surface area is 138 Å². The van der Waals surface area contributed by atoms with Crippen LogP contribution in [0.1, 0.15) is 29.3 Å². The zero-order chi connectivity index (χ0) is 15.1. The van der Waals surface area contributed by atoms with Crippen LogP contribution >= 0.6 is 12.4 Å². The molecule has 0 saturated heterocycles. The van der Waals surface area contributed by atoms with Crippen LogP contribution in [0.5, 0.6) is 0 Å². The first-order valence-electron chi connectivity index (χ1n) is 7.42. The van der Waals surface area contributed by atoms with Gasteiger partial charge in [0.2, 0.25) is 0 Å². The predicted molar refractivity (Wildman–Crippen MR) is 94.5 cm³/mol. The van der Waals surface area contributed by atoms with Crippen LogP contribution in [0.2, 0.25) is 0 Å². The van der Waals surface area contributed by atoms with Crippen molar-refractivity contribution in [1.82, 2.24) is 5.32 Å². The van der Waals surface area contributed by atoms with E-state index >= 15 is 0 Å². The number of nitrogens with one attached hydrogen (secondary N) is 1. The molecule has 3 nitrogen and oxygen atoms in total. The van der Waals surface area contributed by atoms with Crippen molar-refractivity contribution in [2.45, 2.75) is 19.8 Å². The summed E-state index contributed by atoms with van der Waals surface area (Å²) in [5.41, 5.74) is 9.66. The number of carbonyl (C=O) groups excluding carboxylic acids is 1. The highest BCUT2D eigenvalue weighted by atomic mass is 35.5. The molecule has 4 heteroatoms. The van der Waals surface area contributed by atoms with E-state index in [1.165, 1.54) is 5.56 Å². The normalized spacial score (nSPS) is 9.91. The second-order valence-corrected chi connectivity index (χ2v) is 5.07. The van der Waals surface area contributed by atoms with Gasteiger partial charge in [-0.05, 0) is 48.2 Å². The summed E-state index contributed by atoms with van der Waals surface area (Å²) in [7, 11) is 0. The van der Waals surface area contributed by atoms with Gasteiger partial charge in [0.15, 0.2) is 0 Å². The summed E-state index contributed by atoms with van der Waals surface area (Å²) in [6.45, 7) is 3.41. The molecule has 0 fully saturated rings. The molecule has 0 aromatic heterocycles. The standard InChI is InChI=1S/C18H22N2O.ClH/c1-2-12-20-18(21)17-5-3-4-16(13-17)15-8-6-14(7-9-15)10-11-19;/h3-9,13H,2,10-12,19H2,1H3,(H,20,21);1H. The fourth-order valence-corrected chi connectivity index (χ4v) is 2.21. The molecular formula is C18H23ClN2O. The van der Waals surface area contributed by atoms with Gasteiger partial charge >= 0.3 is 0 Å². The summed E-state index contributed by atoms with van der Waals surface area (Å²) < 4.78 is 0. The van der Waals surface area contributed by atoms with E-state index in [0.717, 1.165) is 24.0 Å². The average Bonchev–Trinajstić information content (AvgIpc) is 2.54. The molecule has 0 unspecified atom stereocenters. The van der Waals surface area contributed by atoms with Crippen LogP contribution < -0.4 is 11.1 Å². The molecule has 0 heterocycles. The van der Waals surface area contributed by atoms with Gasteiger partial charge in [-0.1, -0.05) is 43.3 Å². The topological polar surface area (TPSA) is 55.1 Å². The summed E-state index contributed by atoms with van der Waals surface area (Å²) >= 11 is 0. The van der Waals surface area contributed by atoms with Crippen molar-refractivity contribution >= 4 is 18.3 Å². The van der Waals surface area contributed by atoms with Crippen LogP contribution in [0.15, 0.2) is 48.5 Å². The summed E-state index contributed by atoms with van der Waals surface area (Å²) in [5, 5.41) is 2.90. The predicted octanol–water partition coefficient (Wildman–Crippen LogP) is 3.42. The monoisotopic (exact) mass is 318 g/mol. The van der Waals surface area contributed by atoms with Crippen molar-refractivity contribution in [1.29, 1.82) is 0 Å². The number of benzene rings is 2. The third-order valence-electron chi connectivity index (χ3n) is 3.38. The van der Waals surface area contributed by atoms with Crippen LogP contribution in [0.4, 0.5) is 0 Å². The Morgan fingerprint density at radius 1 is 1.09 bits per heavy atom. The Hall–Kier alpha value is -1.84. The molecule has 22 heavy (non-hydrogen) atoms. The van der Waals surface area contributed by atoms with Crippen LogP contribution in [0.25, 0.3) is 11.1 Å². The van der Waals surface area contributed by atoms with Crippen LogP contribution in [0, 0.1) is 0 Å². The number of carbonyl (C=O) groups is 1. The molecule has 0 saturated carbocycles. The molecule has 1 amide bonds. The minimum Gasteiger partial charge on any atom is -0.352 e. The zero-order valence-corrected chi connectivity index (χ0v) is 13.7. The second kappa shape index (κ2) is 9.23. The van der Waals surface area contributed by atoms with Gasteiger partial charge in [0.05, 0.1) is 0 Å². The van der Waals surface area contributed by atoms with Crippen LogP contribution in [-0.2, 0) is 6.42 Å². The number of hydrogen-bond donors (Lipinski definition) is 2. The lowest BCUT2D eigenvalue weighted by molar-refractivity contribution is 0.0953. The van der Waals surface area contributed by atoms with Crippen molar-refractivity contribution in [2.75, 3.05) is 13.1 Å². The first-order chi connectivity index (χ1) is 10.2. The second-order valence-electron chi connectivity index (χ2n) is 5.07. The minimum absolute atomic E-state index is 0. The fourth-order valence-electron chi connectivity index (χ4n) is 2.21. The highest BCUT2D eigenvalue weighted by molar-refractivity contribution is 5.95. The number of nitrogens with two attached hydrogens (primary N) is 1. The van der Waals surface area contributed by atoms with Crippen molar-refractivity contribution in [2.24, 2.45) is 5.73 Å².